The van der Waals surface area contributed by atoms with E-state index >= 15 is 0 Å². The van der Waals surface area contributed by atoms with E-state index in [0.717, 1.165) is 4.90 Å². The number of nitrogens with zero attached hydrogens (tertiary/aromatic N) is 1. The lowest BCUT2D eigenvalue weighted by molar-refractivity contribution is 0.0926. The van der Waals surface area contributed by atoms with Crippen molar-refractivity contribution in [1.82, 2.24) is 0 Å². The molecule has 2 amide bonds. The Labute approximate surface area is 126 Å². The molecular formula is C16H13NO5. The van der Waals surface area contributed by atoms with E-state index in [1.54, 1.807) is 0 Å². The maximum atomic E-state index is 12.5. The van der Waals surface area contributed by atoms with E-state index in [1.165, 1.54) is 50.6 Å². The Kier molecular flexibility index (Phi) is 3.21. The van der Waals surface area contributed by atoms with Gasteiger partial charge in [0.05, 0.1) is 31.0 Å². The molecule has 3 rings (SSSR count). The summed E-state index contributed by atoms with van der Waals surface area (Å²) in [6.45, 7) is 0. The van der Waals surface area contributed by atoms with Gasteiger partial charge in [-0.25, -0.2) is 4.90 Å². The topological polar surface area (TPSA) is 76.1 Å². The van der Waals surface area contributed by atoms with Crippen LogP contribution in [0.4, 0.5) is 5.69 Å². The number of phenols is 1. The van der Waals surface area contributed by atoms with Crippen molar-refractivity contribution in [2.24, 2.45) is 0 Å². The lowest BCUT2D eigenvalue weighted by Crippen LogP contribution is -2.29. The maximum Gasteiger partial charge on any atom is 0.266 e. The minimum Gasteiger partial charge on any atom is -0.508 e. The van der Waals surface area contributed by atoms with Crippen LogP contribution in [-0.2, 0) is 0 Å². The van der Waals surface area contributed by atoms with Crippen LogP contribution in [0.3, 0.4) is 0 Å². The molecule has 0 bridgehead atoms. The lowest BCUT2D eigenvalue weighted by atomic mass is 10.1. The van der Waals surface area contributed by atoms with Gasteiger partial charge in [-0.1, -0.05) is 0 Å². The van der Waals surface area contributed by atoms with E-state index in [1.807, 2.05) is 0 Å². The molecular weight excluding hydrogens is 286 g/mol. The molecule has 0 radical (unpaired) electrons. The van der Waals surface area contributed by atoms with Crippen LogP contribution in [0, 0.1) is 0 Å². The van der Waals surface area contributed by atoms with Crippen LogP contribution < -0.4 is 14.4 Å². The van der Waals surface area contributed by atoms with Crippen LogP contribution in [0.5, 0.6) is 17.2 Å². The summed E-state index contributed by atoms with van der Waals surface area (Å²) in [6.07, 6.45) is 0. The molecule has 0 aliphatic carbocycles. The van der Waals surface area contributed by atoms with Crippen molar-refractivity contribution in [2.75, 3.05) is 19.1 Å². The molecule has 0 saturated heterocycles. The van der Waals surface area contributed by atoms with Crippen molar-refractivity contribution in [2.45, 2.75) is 0 Å². The second-order valence-corrected chi connectivity index (χ2v) is 4.71. The van der Waals surface area contributed by atoms with E-state index in [-0.39, 0.29) is 16.9 Å². The number of aromatic hydroxyl groups is 1. The summed E-state index contributed by atoms with van der Waals surface area (Å²) in [4.78, 5) is 26.1. The molecule has 22 heavy (non-hydrogen) atoms. The minimum absolute atomic E-state index is 0.0590. The number of carbonyl (C=O) groups excluding carboxylic acids is 2. The van der Waals surface area contributed by atoms with E-state index in [9.17, 15) is 14.7 Å². The smallest absolute Gasteiger partial charge is 0.266 e. The molecule has 112 valence electrons. The number of benzene rings is 2. The molecule has 0 saturated carbocycles. The van der Waals surface area contributed by atoms with Crippen molar-refractivity contribution in [3.63, 3.8) is 0 Å². The number of hydrogen-bond acceptors (Lipinski definition) is 5. The second-order valence-electron chi connectivity index (χ2n) is 4.71. The number of hydrogen-bond donors (Lipinski definition) is 1. The van der Waals surface area contributed by atoms with Gasteiger partial charge < -0.3 is 14.6 Å². The molecule has 6 heteroatoms. The average Bonchev–Trinajstić information content (AvgIpc) is 2.78. The molecule has 2 aromatic rings. The molecule has 6 nitrogen and oxygen atoms in total. The fourth-order valence-corrected chi connectivity index (χ4v) is 2.40. The first-order valence-electron chi connectivity index (χ1n) is 6.50. The Morgan fingerprint density at radius 2 is 1.32 bits per heavy atom. The first kappa shape index (κ1) is 13.9. The Morgan fingerprint density at radius 3 is 1.73 bits per heavy atom. The van der Waals surface area contributed by atoms with Gasteiger partial charge in [0.15, 0.2) is 11.5 Å². The fraction of sp³-hybridized carbons (Fsp3) is 0.125. The van der Waals surface area contributed by atoms with Gasteiger partial charge in [0.2, 0.25) is 0 Å². The standard InChI is InChI=1S/C16H13NO5/c1-21-13-7-11-12(8-14(13)22-2)16(20)17(15(11)19)9-3-5-10(18)6-4-9/h3-8,18H,1-2H3. The Morgan fingerprint density at radius 1 is 0.864 bits per heavy atom. The van der Waals surface area contributed by atoms with Gasteiger partial charge in [-0.15, -0.1) is 0 Å². The van der Waals surface area contributed by atoms with E-state index < -0.39 is 11.8 Å². The quantitative estimate of drug-likeness (QED) is 0.879. The summed E-state index contributed by atoms with van der Waals surface area (Å²) in [5, 5.41) is 9.32. The van der Waals surface area contributed by atoms with Crippen molar-refractivity contribution >= 4 is 17.5 Å². The number of carbonyl (C=O) groups is 2. The third-order valence-corrected chi connectivity index (χ3v) is 3.50. The molecule has 1 aliphatic rings. The van der Waals surface area contributed by atoms with Crippen LogP contribution >= 0.6 is 0 Å². The molecule has 0 unspecified atom stereocenters. The number of amides is 2. The highest BCUT2D eigenvalue weighted by Crippen LogP contribution is 2.36. The Hall–Kier alpha value is -3.02. The molecule has 1 aliphatic heterocycles. The molecule has 1 N–H and O–H groups in total. The van der Waals surface area contributed by atoms with E-state index in [0.29, 0.717) is 17.2 Å². The van der Waals surface area contributed by atoms with Gasteiger partial charge >= 0.3 is 0 Å². The first-order chi connectivity index (χ1) is 10.6. The van der Waals surface area contributed by atoms with Crippen molar-refractivity contribution in [1.29, 1.82) is 0 Å². The minimum atomic E-state index is -0.438. The highest BCUT2D eigenvalue weighted by Gasteiger charge is 2.38. The van der Waals surface area contributed by atoms with Gasteiger partial charge in [-0.2, -0.15) is 0 Å². The third-order valence-electron chi connectivity index (χ3n) is 3.50. The predicted octanol–water partition coefficient (Wildman–Crippen LogP) is 2.21. The summed E-state index contributed by atoms with van der Waals surface area (Å²) in [5.74, 6) is -0.0492. The summed E-state index contributed by atoms with van der Waals surface area (Å²) in [7, 11) is 2.92. The fourth-order valence-electron chi connectivity index (χ4n) is 2.40. The summed E-state index contributed by atoms with van der Waals surface area (Å²) < 4.78 is 10.3. The monoisotopic (exact) mass is 299 g/mol. The van der Waals surface area contributed by atoms with E-state index in [2.05, 4.69) is 0 Å². The number of phenolic OH excluding ortho intramolecular Hbond substituents is 1. The number of fused-ring (bicyclic) bond motifs is 1. The van der Waals surface area contributed by atoms with Gasteiger partial charge in [0, 0.05) is 0 Å². The summed E-state index contributed by atoms with van der Waals surface area (Å²) in [5.41, 5.74) is 0.911. The first-order valence-corrected chi connectivity index (χ1v) is 6.50. The zero-order chi connectivity index (χ0) is 15.9. The third kappa shape index (κ3) is 1.96. The summed E-state index contributed by atoms with van der Waals surface area (Å²) >= 11 is 0. The molecule has 0 fully saturated rings. The molecule has 0 atom stereocenters. The number of methoxy groups -OCH3 is 2. The molecule has 2 aromatic carbocycles. The van der Waals surface area contributed by atoms with Crippen LogP contribution in [0.25, 0.3) is 0 Å². The van der Waals surface area contributed by atoms with Crippen LogP contribution in [0.1, 0.15) is 20.7 Å². The zero-order valence-electron chi connectivity index (χ0n) is 12.0. The number of ether oxygens (including phenoxy) is 2. The van der Waals surface area contributed by atoms with Crippen molar-refractivity contribution in [3.8, 4) is 17.2 Å². The number of anilines is 1. The largest absolute Gasteiger partial charge is 0.508 e. The van der Waals surface area contributed by atoms with Crippen molar-refractivity contribution < 1.29 is 24.2 Å². The Bertz CT molecular complexity index is 724. The van der Waals surface area contributed by atoms with Crippen LogP contribution in [-0.4, -0.2) is 31.1 Å². The highest BCUT2D eigenvalue weighted by atomic mass is 16.5. The maximum absolute atomic E-state index is 12.5. The second kappa shape index (κ2) is 5.07. The molecule has 1 heterocycles. The number of imide groups is 1. The summed E-state index contributed by atoms with van der Waals surface area (Å²) in [6, 6.07) is 8.83. The lowest BCUT2D eigenvalue weighted by Gasteiger charge is -2.13. The van der Waals surface area contributed by atoms with Crippen LogP contribution in [0.15, 0.2) is 36.4 Å². The number of rotatable bonds is 3. The van der Waals surface area contributed by atoms with E-state index in [4.69, 9.17) is 9.47 Å². The Balaban J connectivity index is 2.10. The van der Waals surface area contributed by atoms with Crippen LogP contribution in [0.2, 0.25) is 0 Å². The molecule has 0 spiro atoms. The van der Waals surface area contributed by atoms with Crippen molar-refractivity contribution in [3.05, 3.63) is 47.5 Å². The normalized spacial score (nSPS) is 13.3. The van der Waals surface area contributed by atoms with Gasteiger partial charge in [0.1, 0.15) is 5.75 Å². The predicted molar refractivity (Wildman–Crippen MR) is 78.8 cm³/mol. The highest BCUT2D eigenvalue weighted by molar-refractivity contribution is 6.34. The van der Waals surface area contributed by atoms with Gasteiger partial charge in [-0.3, -0.25) is 9.59 Å². The SMILES string of the molecule is COc1cc2c(cc1OC)C(=O)N(c1ccc(O)cc1)C2=O. The molecule has 0 aromatic heterocycles. The van der Waals surface area contributed by atoms with Gasteiger partial charge in [-0.05, 0) is 36.4 Å². The zero-order valence-corrected chi connectivity index (χ0v) is 12.0. The van der Waals surface area contributed by atoms with Gasteiger partial charge in [0.25, 0.3) is 11.8 Å². The average molecular weight is 299 g/mol.